The third-order valence-corrected chi connectivity index (χ3v) is 4.28. The summed E-state index contributed by atoms with van der Waals surface area (Å²) in [6, 6.07) is 16.6. The highest BCUT2D eigenvalue weighted by Gasteiger charge is 2.33. The van der Waals surface area contributed by atoms with Crippen LogP contribution < -0.4 is 0 Å². The molecule has 3 heteroatoms. The van der Waals surface area contributed by atoms with E-state index in [9.17, 15) is 5.26 Å². The number of benzene rings is 1. The molecule has 0 amide bonds. The van der Waals surface area contributed by atoms with Crippen molar-refractivity contribution in [2.24, 2.45) is 0 Å². The Hall–Kier alpha value is -1.89. The molecule has 0 N–H and O–H groups in total. The second-order valence-electron chi connectivity index (χ2n) is 4.85. The van der Waals surface area contributed by atoms with Crippen LogP contribution in [0.1, 0.15) is 16.9 Å². The third-order valence-electron chi connectivity index (χ3n) is 3.44. The number of hydrogen-bond acceptors (Lipinski definition) is 3. The first kappa shape index (κ1) is 14.5. The molecule has 0 saturated carbocycles. The highest BCUT2D eigenvalue weighted by atomic mass is 32.1. The Balaban J connectivity index is 2.27. The summed E-state index contributed by atoms with van der Waals surface area (Å²) in [5.74, 6) is 0. The van der Waals surface area contributed by atoms with Crippen molar-refractivity contribution in [1.29, 1.82) is 5.26 Å². The largest absolute Gasteiger partial charge is 0.288 e. The van der Waals surface area contributed by atoms with E-state index in [0.717, 1.165) is 5.56 Å². The molecule has 1 atom stereocenters. The zero-order valence-electron chi connectivity index (χ0n) is 11.8. The number of nitriles is 1. The van der Waals surface area contributed by atoms with Gasteiger partial charge in [0.25, 0.3) is 0 Å². The second kappa shape index (κ2) is 6.51. The summed E-state index contributed by atoms with van der Waals surface area (Å²) in [4.78, 5) is 3.20. The van der Waals surface area contributed by atoms with E-state index in [-0.39, 0.29) is 0 Å². The van der Waals surface area contributed by atoms with Crippen molar-refractivity contribution in [2.75, 3.05) is 14.1 Å². The van der Waals surface area contributed by atoms with Crippen LogP contribution in [0.5, 0.6) is 0 Å². The monoisotopic (exact) mass is 282 g/mol. The molecular weight excluding hydrogens is 264 g/mol. The molecule has 2 nitrogen and oxygen atoms in total. The second-order valence-corrected chi connectivity index (χ2v) is 5.83. The smallest absolute Gasteiger partial charge is 0.137 e. The minimum atomic E-state index is -0.616. The van der Waals surface area contributed by atoms with Crippen LogP contribution in [0.4, 0.5) is 0 Å². The van der Waals surface area contributed by atoms with Gasteiger partial charge in [0.05, 0.1) is 6.07 Å². The maximum atomic E-state index is 9.73. The van der Waals surface area contributed by atoms with Crippen molar-refractivity contribution in [1.82, 2.24) is 4.90 Å². The van der Waals surface area contributed by atoms with E-state index < -0.39 is 5.54 Å². The molecule has 20 heavy (non-hydrogen) atoms. The van der Waals surface area contributed by atoms with Crippen molar-refractivity contribution >= 4 is 17.4 Å². The normalized spacial score (nSPS) is 14.3. The predicted octanol–water partition coefficient (Wildman–Crippen LogP) is 4.13. The van der Waals surface area contributed by atoms with E-state index in [1.54, 1.807) is 11.3 Å². The van der Waals surface area contributed by atoms with Gasteiger partial charge in [0, 0.05) is 11.3 Å². The lowest BCUT2D eigenvalue weighted by atomic mass is 9.86. The predicted molar refractivity (Wildman–Crippen MR) is 85.4 cm³/mol. The summed E-state index contributed by atoms with van der Waals surface area (Å²) in [7, 11) is 3.91. The molecule has 1 heterocycles. The summed E-state index contributed by atoms with van der Waals surface area (Å²) >= 11 is 1.70. The van der Waals surface area contributed by atoms with Crippen molar-refractivity contribution in [2.45, 2.75) is 12.0 Å². The molecule has 0 aliphatic carbocycles. The van der Waals surface area contributed by atoms with E-state index in [4.69, 9.17) is 0 Å². The number of nitrogens with zero attached hydrogens (tertiary/aromatic N) is 2. The average Bonchev–Trinajstić information content (AvgIpc) is 2.97. The first-order valence-corrected chi connectivity index (χ1v) is 7.41. The van der Waals surface area contributed by atoms with Gasteiger partial charge in [0.15, 0.2) is 0 Å². The van der Waals surface area contributed by atoms with Crippen LogP contribution in [0.25, 0.3) is 6.08 Å². The first-order chi connectivity index (χ1) is 9.69. The van der Waals surface area contributed by atoms with Crippen LogP contribution in [0, 0.1) is 11.3 Å². The molecule has 0 spiro atoms. The summed E-state index contributed by atoms with van der Waals surface area (Å²) in [5, 5.41) is 11.8. The molecule has 0 aliphatic rings. The average molecular weight is 282 g/mol. The molecule has 0 radical (unpaired) electrons. The van der Waals surface area contributed by atoms with Gasteiger partial charge in [-0.2, -0.15) is 5.26 Å². The Morgan fingerprint density at radius 1 is 1.20 bits per heavy atom. The highest BCUT2D eigenvalue weighted by Crippen LogP contribution is 2.30. The van der Waals surface area contributed by atoms with Crippen molar-refractivity contribution in [3.05, 3.63) is 64.4 Å². The molecule has 2 rings (SSSR count). The lowest BCUT2D eigenvalue weighted by molar-refractivity contribution is 0.221. The van der Waals surface area contributed by atoms with Gasteiger partial charge in [0.1, 0.15) is 5.54 Å². The fourth-order valence-corrected chi connectivity index (χ4v) is 2.86. The number of rotatable bonds is 5. The maximum absolute atomic E-state index is 9.73. The summed E-state index contributed by atoms with van der Waals surface area (Å²) in [5.41, 5.74) is 0.415. The molecule has 102 valence electrons. The van der Waals surface area contributed by atoms with Gasteiger partial charge < -0.3 is 0 Å². The number of hydrogen-bond donors (Lipinski definition) is 0. The van der Waals surface area contributed by atoms with Crippen LogP contribution >= 0.6 is 11.3 Å². The van der Waals surface area contributed by atoms with E-state index in [1.807, 2.05) is 55.4 Å². The van der Waals surface area contributed by atoms with Gasteiger partial charge in [-0.3, -0.25) is 4.90 Å². The molecule has 0 aliphatic heterocycles. The Morgan fingerprint density at radius 2 is 1.95 bits per heavy atom. The molecule has 1 aromatic carbocycles. The maximum Gasteiger partial charge on any atom is 0.137 e. The van der Waals surface area contributed by atoms with Crippen molar-refractivity contribution in [3.63, 3.8) is 0 Å². The van der Waals surface area contributed by atoms with Gasteiger partial charge in [-0.15, -0.1) is 11.3 Å². The zero-order chi connectivity index (χ0) is 14.4. The zero-order valence-corrected chi connectivity index (χ0v) is 12.6. The summed E-state index contributed by atoms with van der Waals surface area (Å²) < 4.78 is 0. The molecule has 0 bridgehead atoms. The summed E-state index contributed by atoms with van der Waals surface area (Å²) in [6.45, 7) is 0. The van der Waals surface area contributed by atoms with Crippen molar-refractivity contribution < 1.29 is 0 Å². The summed E-state index contributed by atoms with van der Waals surface area (Å²) in [6.07, 6.45) is 4.84. The standard InChI is InChI=1S/C17H18N2S/c1-19(2)17(14-18,15-8-4-3-5-9-15)12-6-10-16-11-7-13-20-16/h3-11,13H,12H2,1-2H3. The van der Waals surface area contributed by atoms with Crippen molar-refractivity contribution in [3.8, 4) is 6.07 Å². The van der Waals surface area contributed by atoms with Gasteiger partial charge in [-0.1, -0.05) is 42.5 Å². The van der Waals surface area contributed by atoms with E-state index >= 15 is 0 Å². The van der Waals surface area contributed by atoms with Crippen LogP contribution in [-0.2, 0) is 5.54 Å². The highest BCUT2D eigenvalue weighted by molar-refractivity contribution is 7.10. The Labute approximate surface area is 124 Å². The van der Waals surface area contributed by atoms with Crippen LogP contribution in [0.3, 0.4) is 0 Å². The lowest BCUT2D eigenvalue weighted by Gasteiger charge is -2.33. The molecular formula is C17H18N2S. The van der Waals surface area contributed by atoms with Gasteiger partial charge in [-0.05, 0) is 37.2 Å². The SMILES string of the molecule is CN(C)C(C#N)(CC=Cc1cccs1)c1ccccc1. The fraction of sp³-hybridized carbons (Fsp3) is 0.235. The van der Waals surface area contributed by atoms with E-state index in [1.165, 1.54) is 4.88 Å². The molecule has 1 unspecified atom stereocenters. The van der Waals surface area contributed by atoms with E-state index in [2.05, 4.69) is 29.7 Å². The minimum Gasteiger partial charge on any atom is -0.288 e. The third kappa shape index (κ3) is 2.98. The quantitative estimate of drug-likeness (QED) is 0.824. The van der Waals surface area contributed by atoms with Gasteiger partial charge in [0.2, 0.25) is 0 Å². The molecule has 0 saturated heterocycles. The Morgan fingerprint density at radius 3 is 2.50 bits per heavy atom. The molecule has 0 fully saturated rings. The Bertz CT molecular complexity index is 594. The Kier molecular flexibility index (Phi) is 4.73. The van der Waals surface area contributed by atoms with Crippen LogP contribution in [0.15, 0.2) is 53.9 Å². The lowest BCUT2D eigenvalue weighted by Crippen LogP contribution is -2.39. The van der Waals surface area contributed by atoms with Crippen LogP contribution in [-0.4, -0.2) is 19.0 Å². The molecule has 1 aromatic heterocycles. The minimum absolute atomic E-state index is 0.616. The van der Waals surface area contributed by atoms with E-state index in [0.29, 0.717) is 6.42 Å². The van der Waals surface area contributed by atoms with Gasteiger partial charge >= 0.3 is 0 Å². The number of thiophene rings is 1. The fourth-order valence-electron chi connectivity index (χ4n) is 2.21. The van der Waals surface area contributed by atoms with Gasteiger partial charge in [-0.25, -0.2) is 0 Å². The molecule has 2 aromatic rings. The topological polar surface area (TPSA) is 27.0 Å². The first-order valence-electron chi connectivity index (χ1n) is 6.53. The van der Waals surface area contributed by atoms with Crippen LogP contribution in [0.2, 0.25) is 0 Å².